The van der Waals surface area contributed by atoms with Crippen LogP contribution in [0.15, 0.2) is 30.7 Å². The standard InChI is InChI=1S/C11H11N3O/c1-8-3-4-12-10(5-8)11(15)9-6-13-14(2)7-9/h3-7H,1-2H3. The molecule has 0 saturated heterocycles. The molecular formula is C11H11N3O. The van der Waals surface area contributed by atoms with Crippen molar-refractivity contribution in [2.24, 2.45) is 7.05 Å². The minimum atomic E-state index is -0.0909. The maximum absolute atomic E-state index is 11.9. The van der Waals surface area contributed by atoms with E-state index in [0.29, 0.717) is 11.3 Å². The minimum Gasteiger partial charge on any atom is -0.287 e. The Balaban J connectivity index is 2.36. The first-order chi connectivity index (χ1) is 7.16. The van der Waals surface area contributed by atoms with Crippen molar-refractivity contribution in [2.75, 3.05) is 0 Å². The van der Waals surface area contributed by atoms with Crippen molar-refractivity contribution >= 4 is 5.78 Å². The van der Waals surface area contributed by atoms with E-state index in [9.17, 15) is 4.79 Å². The van der Waals surface area contributed by atoms with Gasteiger partial charge in [0, 0.05) is 19.4 Å². The molecule has 0 bridgehead atoms. The molecule has 0 unspecified atom stereocenters. The number of carbonyl (C=O) groups is 1. The maximum atomic E-state index is 11.9. The van der Waals surface area contributed by atoms with Gasteiger partial charge in [0.15, 0.2) is 0 Å². The van der Waals surface area contributed by atoms with Crippen LogP contribution in [-0.2, 0) is 7.05 Å². The average Bonchev–Trinajstić information content (AvgIpc) is 2.64. The van der Waals surface area contributed by atoms with Crippen molar-refractivity contribution in [3.8, 4) is 0 Å². The molecule has 0 radical (unpaired) electrons. The van der Waals surface area contributed by atoms with Gasteiger partial charge in [-0.1, -0.05) is 0 Å². The van der Waals surface area contributed by atoms with E-state index in [2.05, 4.69) is 10.1 Å². The molecule has 0 amide bonds. The Hall–Kier alpha value is -1.97. The van der Waals surface area contributed by atoms with Crippen molar-refractivity contribution < 1.29 is 4.79 Å². The monoisotopic (exact) mass is 201 g/mol. The fourth-order valence-electron chi connectivity index (χ4n) is 1.35. The van der Waals surface area contributed by atoms with Gasteiger partial charge in [0.25, 0.3) is 0 Å². The van der Waals surface area contributed by atoms with Gasteiger partial charge in [-0.15, -0.1) is 0 Å². The Morgan fingerprint density at radius 2 is 2.27 bits per heavy atom. The first-order valence-electron chi connectivity index (χ1n) is 4.63. The lowest BCUT2D eigenvalue weighted by molar-refractivity contribution is 0.103. The molecule has 2 heterocycles. The summed E-state index contributed by atoms with van der Waals surface area (Å²) in [6, 6.07) is 3.63. The molecule has 2 aromatic heterocycles. The normalized spacial score (nSPS) is 10.3. The molecule has 0 aliphatic heterocycles. The van der Waals surface area contributed by atoms with E-state index in [0.717, 1.165) is 5.56 Å². The number of rotatable bonds is 2. The lowest BCUT2D eigenvalue weighted by atomic mass is 10.1. The molecule has 0 atom stereocenters. The van der Waals surface area contributed by atoms with E-state index in [1.54, 1.807) is 36.4 Å². The minimum absolute atomic E-state index is 0.0909. The van der Waals surface area contributed by atoms with Gasteiger partial charge in [0.2, 0.25) is 5.78 Å². The van der Waals surface area contributed by atoms with Crippen LogP contribution in [0.5, 0.6) is 0 Å². The Labute approximate surface area is 87.6 Å². The average molecular weight is 201 g/mol. The van der Waals surface area contributed by atoms with Crippen molar-refractivity contribution in [1.29, 1.82) is 0 Å². The third-order valence-electron chi connectivity index (χ3n) is 2.12. The smallest absolute Gasteiger partial charge is 0.214 e. The highest BCUT2D eigenvalue weighted by molar-refractivity contribution is 6.07. The van der Waals surface area contributed by atoms with Crippen LogP contribution in [-0.4, -0.2) is 20.5 Å². The zero-order valence-corrected chi connectivity index (χ0v) is 8.64. The molecule has 15 heavy (non-hydrogen) atoms. The predicted molar refractivity (Wildman–Crippen MR) is 55.6 cm³/mol. The van der Waals surface area contributed by atoms with Crippen LogP contribution in [0.1, 0.15) is 21.6 Å². The number of nitrogens with zero attached hydrogens (tertiary/aromatic N) is 3. The molecule has 0 saturated carbocycles. The molecule has 0 spiro atoms. The number of ketones is 1. The number of aryl methyl sites for hydroxylation is 2. The quantitative estimate of drug-likeness (QED) is 0.689. The second-order valence-electron chi connectivity index (χ2n) is 3.45. The summed E-state index contributed by atoms with van der Waals surface area (Å²) in [6.07, 6.45) is 4.87. The maximum Gasteiger partial charge on any atom is 0.214 e. The molecule has 0 aliphatic carbocycles. The molecule has 0 aromatic carbocycles. The highest BCUT2D eigenvalue weighted by Crippen LogP contribution is 2.07. The predicted octanol–water partition coefficient (Wildman–Crippen LogP) is 1.35. The number of hydrogen-bond donors (Lipinski definition) is 0. The summed E-state index contributed by atoms with van der Waals surface area (Å²) in [5.74, 6) is -0.0909. The van der Waals surface area contributed by atoms with Gasteiger partial charge in [-0.3, -0.25) is 14.5 Å². The van der Waals surface area contributed by atoms with Crippen molar-refractivity contribution in [2.45, 2.75) is 6.92 Å². The second kappa shape index (κ2) is 3.65. The molecule has 0 fully saturated rings. The molecular weight excluding hydrogens is 190 g/mol. The third-order valence-corrected chi connectivity index (χ3v) is 2.12. The number of carbonyl (C=O) groups excluding carboxylic acids is 1. The first kappa shape index (κ1) is 9.58. The summed E-state index contributed by atoms with van der Waals surface area (Å²) in [7, 11) is 1.78. The van der Waals surface area contributed by atoms with Crippen LogP contribution in [0.2, 0.25) is 0 Å². The van der Waals surface area contributed by atoms with Gasteiger partial charge < -0.3 is 0 Å². The van der Waals surface area contributed by atoms with Gasteiger partial charge in [-0.25, -0.2) is 0 Å². The molecule has 76 valence electrons. The summed E-state index contributed by atoms with van der Waals surface area (Å²) in [5.41, 5.74) is 2.05. The van der Waals surface area contributed by atoms with Gasteiger partial charge in [-0.05, 0) is 24.6 Å². The summed E-state index contributed by atoms with van der Waals surface area (Å²) in [5, 5.41) is 3.95. The van der Waals surface area contributed by atoms with Crippen molar-refractivity contribution in [3.63, 3.8) is 0 Å². The van der Waals surface area contributed by atoms with E-state index in [4.69, 9.17) is 0 Å². The van der Waals surface area contributed by atoms with E-state index in [1.165, 1.54) is 0 Å². The van der Waals surface area contributed by atoms with Crippen molar-refractivity contribution in [1.82, 2.24) is 14.8 Å². The van der Waals surface area contributed by atoms with Gasteiger partial charge in [0.05, 0.1) is 11.8 Å². The highest BCUT2D eigenvalue weighted by atomic mass is 16.1. The summed E-state index contributed by atoms with van der Waals surface area (Å²) in [4.78, 5) is 15.9. The van der Waals surface area contributed by atoms with Crippen LogP contribution in [0.3, 0.4) is 0 Å². The van der Waals surface area contributed by atoms with Crippen LogP contribution in [0.25, 0.3) is 0 Å². The fraction of sp³-hybridized carbons (Fsp3) is 0.182. The number of pyridine rings is 1. The van der Waals surface area contributed by atoms with E-state index < -0.39 is 0 Å². The van der Waals surface area contributed by atoms with Crippen LogP contribution in [0.4, 0.5) is 0 Å². The largest absolute Gasteiger partial charge is 0.287 e. The summed E-state index contributed by atoms with van der Waals surface area (Å²) in [6.45, 7) is 1.93. The Bertz CT molecular complexity index is 502. The van der Waals surface area contributed by atoms with Gasteiger partial charge in [0.1, 0.15) is 5.69 Å². The van der Waals surface area contributed by atoms with E-state index in [-0.39, 0.29) is 5.78 Å². The molecule has 2 aromatic rings. The molecule has 4 nitrogen and oxygen atoms in total. The van der Waals surface area contributed by atoms with E-state index in [1.807, 2.05) is 13.0 Å². The SMILES string of the molecule is Cc1ccnc(C(=O)c2cnn(C)c2)c1. The fourth-order valence-corrected chi connectivity index (χ4v) is 1.35. The van der Waals surface area contributed by atoms with Gasteiger partial charge >= 0.3 is 0 Å². The Morgan fingerprint density at radius 3 is 2.87 bits per heavy atom. The summed E-state index contributed by atoms with van der Waals surface area (Å²) < 4.78 is 1.60. The van der Waals surface area contributed by atoms with Crippen LogP contribution < -0.4 is 0 Å². The number of hydrogen-bond acceptors (Lipinski definition) is 3. The third kappa shape index (κ3) is 1.93. The van der Waals surface area contributed by atoms with Crippen LogP contribution in [0, 0.1) is 6.92 Å². The topological polar surface area (TPSA) is 47.8 Å². The number of aromatic nitrogens is 3. The highest BCUT2D eigenvalue weighted by Gasteiger charge is 2.11. The summed E-state index contributed by atoms with van der Waals surface area (Å²) >= 11 is 0. The lowest BCUT2D eigenvalue weighted by Crippen LogP contribution is -2.03. The molecule has 2 rings (SSSR count). The lowest BCUT2D eigenvalue weighted by Gasteiger charge is -1.97. The second-order valence-corrected chi connectivity index (χ2v) is 3.45. The molecule has 0 N–H and O–H groups in total. The molecule has 4 heteroatoms. The zero-order valence-electron chi connectivity index (χ0n) is 8.64. The first-order valence-corrected chi connectivity index (χ1v) is 4.63. The van der Waals surface area contributed by atoms with Gasteiger partial charge in [-0.2, -0.15) is 5.10 Å². The zero-order chi connectivity index (χ0) is 10.8. The van der Waals surface area contributed by atoms with Crippen molar-refractivity contribution in [3.05, 3.63) is 47.5 Å². The van der Waals surface area contributed by atoms with Crippen LogP contribution >= 0.6 is 0 Å². The Morgan fingerprint density at radius 1 is 1.47 bits per heavy atom. The molecule has 0 aliphatic rings. The Kier molecular flexibility index (Phi) is 2.33. The van der Waals surface area contributed by atoms with E-state index >= 15 is 0 Å².